The van der Waals surface area contributed by atoms with E-state index in [-0.39, 0.29) is 24.3 Å². The fraction of sp³-hybridized carbons (Fsp3) is 0.667. The number of nitrogens with zero attached hydrogens (tertiary/aromatic N) is 4. The van der Waals surface area contributed by atoms with Crippen molar-refractivity contribution in [2.45, 2.75) is 18.3 Å². The molecular formula is C12H20N4O8. The first kappa shape index (κ1) is 19.8. The highest BCUT2D eigenvalue weighted by molar-refractivity contribution is 5.63. The van der Waals surface area contributed by atoms with Crippen LogP contribution >= 0.6 is 0 Å². The fourth-order valence-corrected chi connectivity index (χ4v) is 1.90. The quantitative estimate of drug-likeness (QED) is 0.285. The highest BCUT2D eigenvalue weighted by Gasteiger charge is 2.31. The molecule has 0 fully saturated rings. The Hall–Kier alpha value is -2.28. The van der Waals surface area contributed by atoms with Gasteiger partial charge in [0, 0.05) is 13.6 Å². The predicted octanol–water partition coefficient (Wildman–Crippen LogP) is -2.09. The molecule has 0 saturated heterocycles. The Kier molecular flexibility index (Phi) is 7.03. The summed E-state index contributed by atoms with van der Waals surface area (Å²) in [5.41, 5.74) is -0.551. The van der Waals surface area contributed by atoms with Crippen LogP contribution in [0.2, 0.25) is 0 Å². The first-order chi connectivity index (χ1) is 11.3. The maximum absolute atomic E-state index is 11.3. The molecule has 0 aliphatic carbocycles. The Morgan fingerprint density at radius 1 is 1.21 bits per heavy atom. The van der Waals surface area contributed by atoms with Gasteiger partial charge in [0.15, 0.2) is 0 Å². The Morgan fingerprint density at radius 3 is 2.29 bits per heavy atom. The van der Waals surface area contributed by atoms with Crippen LogP contribution in [0, 0.1) is 10.1 Å². The average molecular weight is 348 g/mol. The van der Waals surface area contributed by atoms with Crippen molar-refractivity contribution >= 4 is 11.5 Å². The molecule has 0 saturated carbocycles. The Morgan fingerprint density at radius 2 is 1.83 bits per heavy atom. The minimum atomic E-state index is -1.65. The molecular weight excluding hydrogens is 328 g/mol. The third-order valence-electron chi connectivity index (χ3n) is 3.17. The van der Waals surface area contributed by atoms with E-state index in [0.29, 0.717) is 0 Å². The second-order valence-electron chi connectivity index (χ2n) is 4.84. The fourth-order valence-electron chi connectivity index (χ4n) is 1.90. The number of aliphatic hydroxyl groups is 4. The Bertz CT molecular complexity index is 572. The molecule has 1 aromatic rings. The Balaban J connectivity index is 3.16. The molecule has 0 spiro atoms. The van der Waals surface area contributed by atoms with Crippen molar-refractivity contribution in [1.29, 1.82) is 0 Å². The number of hydrogen-bond donors (Lipinski definition) is 4. The molecule has 0 aliphatic heterocycles. The summed E-state index contributed by atoms with van der Waals surface area (Å²) < 4.78 is 9.72. The van der Waals surface area contributed by atoms with E-state index in [1.54, 1.807) is 0 Å². The summed E-state index contributed by atoms with van der Waals surface area (Å²) in [7, 11) is 3.82. The molecule has 12 heteroatoms. The summed E-state index contributed by atoms with van der Waals surface area (Å²) in [5, 5.41) is 48.9. The minimum Gasteiger partial charge on any atom is -0.476 e. The number of aromatic nitrogens is 2. The first-order valence-electron chi connectivity index (χ1n) is 6.77. The zero-order valence-corrected chi connectivity index (χ0v) is 13.4. The maximum atomic E-state index is 11.3. The van der Waals surface area contributed by atoms with Crippen molar-refractivity contribution < 1.29 is 34.8 Å². The van der Waals surface area contributed by atoms with Gasteiger partial charge in [-0.25, -0.2) is 0 Å². The first-order valence-corrected chi connectivity index (χ1v) is 6.77. The maximum Gasteiger partial charge on any atom is 0.373 e. The van der Waals surface area contributed by atoms with E-state index in [1.165, 1.54) is 26.2 Å². The van der Waals surface area contributed by atoms with Crippen molar-refractivity contribution in [3.05, 3.63) is 10.1 Å². The predicted molar refractivity (Wildman–Crippen MR) is 80.2 cm³/mol. The van der Waals surface area contributed by atoms with Crippen LogP contribution in [-0.2, 0) is 0 Å². The summed E-state index contributed by atoms with van der Waals surface area (Å²) in [4.78, 5) is 19.3. The third-order valence-corrected chi connectivity index (χ3v) is 3.17. The summed E-state index contributed by atoms with van der Waals surface area (Å²) >= 11 is 0. The lowest BCUT2D eigenvalue weighted by atomic mass is 10.1. The largest absolute Gasteiger partial charge is 0.476 e. The van der Waals surface area contributed by atoms with E-state index in [0.717, 1.165) is 0 Å². The SMILES string of the molecule is COc1nc(OC)c([N+](=O)[O-])c(N(C)C[C@H](O)[C@H](O)[C@H](O)CO)n1. The molecule has 0 aromatic carbocycles. The normalized spacial score (nSPS) is 14.6. The van der Waals surface area contributed by atoms with Gasteiger partial charge in [0.25, 0.3) is 0 Å². The van der Waals surface area contributed by atoms with Crippen molar-refractivity contribution in [2.24, 2.45) is 0 Å². The molecule has 12 nitrogen and oxygen atoms in total. The molecule has 1 heterocycles. The van der Waals surface area contributed by atoms with E-state index in [2.05, 4.69) is 9.97 Å². The minimum absolute atomic E-state index is 0.190. The van der Waals surface area contributed by atoms with Crippen molar-refractivity contribution in [3.63, 3.8) is 0 Å². The average Bonchev–Trinajstić information content (AvgIpc) is 2.58. The van der Waals surface area contributed by atoms with Gasteiger partial charge in [-0.2, -0.15) is 9.97 Å². The van der Waals surface area contributed by atoms with E-state index in [4.69, 9.17) is 14.6 Å². The van der Waals surface area contributed by atoms with Gasteiger partial charge in [0.2, 0.25) is 5.82 Å². The topological polar surface area (TPSA) is 172 Å². The molecule has 0 bridgehead atoms. The molecule has 4 N–H and O–H groups in total. The van der Waals surface area contributed by atoms with Crippen LogP contribution < -0.4 is 14.4 Å². The van der Waals surface area contributed by atoms with Crippen molar-refractivity contribution in [2.75, 3.05) is 39.3 Å². The third kappa shape index (κ3) is 4.38. The van der Waals surface area contributed by atoms with Crippen molar-refractivity contribution in [3.8, 4) is 11.9 Å². The van der Waals surface area contributed by atoms with Gasteiger partial charge in [0.1, 0.15) is 12.2 Å². The number of likely N-dealkylation sites (N-methyl/N-ethyl adjacent to an activating group) is 1. The van der Waals surface area contributed by atoms with Gasteiger partial charge in [0.05, 0.1) is 31.9 Å². The highest BCUT2D eigenvalue weighted by atomic mass is 16.6. The molecule has 0 amide bonds. The standard InChI is InChI=1S/C12H20N4O8/c1-15(4-6(18)9(20)7(19)5-17)10-8(16(21)22)11(23-2)14-12(13-10)24-3/h6-7,9,17-20H,4-5H2,1-3H3/t6-,7+,9-/m0/s1. The van der Waals surface area contributed by atoms with Gasteiger partial charge in [-0.15, -0.1) is 0 Å². The number of hydrogen-bond acceptors (Lipinski definition) is 11. The lowest BCUT2D eigenvalue weighted by Crippen LogP contribution is -2.45. The van der Waals surface area contributed by atoms with Crippen LogP contribution in [-0.4, -0.2) is 88.0 Å². The molecule has 3 atom stereocenters. The monoisotopic (exact) mass is 348 g/mol. The summed E-state index contributed by atoms with van der Waals surface area (Å²) in [6.07, 6.45) is -4.72. The van der Waals surface area contributed by atoms with Crippen LogP contribution in [0.3, 0.4) is 0 Å². The van der Waals surface area contributed by atoms with Gasteiger partial charge in [-0.05, 0) is 0 Å². The molecule has 0 aliphatic rings. The summed E-state index contributed by atoms with van der Waals surface area (Å²) in [6, 6.07) is -0.190. The lowest BCUT2D eigenvalue weighted by molar-refractivity contribution is -0.385. The number of nitro groups is 1. The molecule has 1 rings (SSSR count). The smallest absolute Gasteiger partial charge is 0.373 e. The number of aliphatic hydroxyl groups excluding tert-OH is 4. The zero-order valence-electron chi connectivity index (χ0n) is 13.4. The number of rotatable bonds is 9. The summed E-state index contributed by atoms with van der Waals surface area (Å²) in [5.74, 6) is -0.549. The second-order valence-corrected chi connectivity index (χ2v) is 4.84. The van der Waals surface area contributed by atoms with E-state index >= 15 is 0 Å². The molecule has 24 heavy (non-hydrogen) atoms. The lowest BCUT2D eigenvalue weighted by Gasteiger charge is -2.26. The van der Waals surface area contributed by atoms with Gasteiger partial charge < -0.3 is 34.8 Å². The molecule has 0 radical (unpaired) electrons. The van der Waals surface area contributed by atoms with Crippen molar-refractivity contribution in [1.82, 2.24) is 9.97 Å². The van der Waals surface area contributed by atoms with Crippen LogP contribution in [0.4, 0.5) is 11.5 Å². The van der Waals surface area contributed by atoms with Gasteiger partial charge in [-0.1, -0.05) is 0 Å². The number of ether oxygens (including phenoxy) is 2. The number of methoxy groups -OCH3 is 2. The zero-order chi connectivity index (χ0) is 18.4. The van der Waals surface area contributed by atoms with Gasteiger partial charge >= 0.3 is 17.6 Å². The molecule has 1 aromatic heterocycles. The van der Waals surface area contributed by atoms with E-state index in [1.807, 2.05) is 0 Å². The van der Waals surface area contributed by atoms with E-state index in [9.17, 15) is 25.4 Å². The van der Waals surface area contributed by atoms with Crippen LogP contribution in [0.25, 0.3) is 0 Å². The molecule has 136 valence electrons. The molecule has 0 unspecified atom stereocenters. The Labute approximate surface area is 137 Å². The number of anilines is 1. The highest BCUT2D eigenvalue weighted by Crippen LogP contribution is 2.35. The van der Waals surface area contributed by atoms with Crippen LogP contribution in [0.15, 0.2) is 0 Å². The van der Waals surface area contributed by atoms with E-state index < -0.39 is 35.5 Å². The van der Waals surface area contributed by atoms with Gasteiger partial charge in [-0.3, -0.25) is 10.1 Å². The second kappa shape index (κ2) is 8.54. The van der Waals surface area contributed by atoms with Crippen LogP contribution in [0.1, 0.15) is 0 Å². The summed E-state index contributed by atoms with van der Waals surface area (Å²) in [6.45, 7) is -1.08. The van der Waals surface area contributed by atoms with Crippen LogP contribution in [0.5, 0.6) is 11.9 Å².